The fourth-order valence-electron chi connectivity index (χ4n) is 2.03. The summed E-state index contributed by atoms with van der Waals surface area (Å²) in [5, 5.41) is 10.1. The van der Waals surface area contributed by atoms with E-state index in [-0.39, 0.29) is 6.10 Å². The fraction of sp³-hybridized carbons (Fsp3) is 0.600. The Morgan fingerprint density at radius 2 is 2.00 bits per heavy atom. The molecule has 1 aromatic rings. The van der Waals surface area contributed by atoms with Crippen molar-refractivity contribution in [2.24, 2.45) is 0 Å². The summed E-state index contributed by atoms with van der Waals surface area (Å²) in [5.41, 5.74) is 3.32. The molecule has 0 heterocycles. The lowest BCUT2D eigenvalue weighted by Crippen LogP contribution is -2.15. The molecular weight excluding hydrogens is 212 g/mol. The molecule has 17 heavy (non-hydrogen) atoms. The molecule has 0 aliphatic rings. The molecule has 0 fully saturated rings. The minimum absolute atomic E-state index is 0.223. The van der Waals surface area contributed by atoms with Crippen molar-refractivity contribution >= 4 is 0 Å². The Kier molecular flexibility index (Phi) is 5.66. The molecule has 2 nitrogen and oxygen atoms in total. The summed E-state index contributed by atoms with van der Waals surface area (Å²) in [7, 11) is 0. The van der Waals surface area contributed by atoms with Crippen LogP contribution in [0, 0.1) is 13.8 Å². The molecule has 96 valence electrons. The number of rotatable bonds is 6. The predicted molar refractivity (Wildman–Crippen MR) is 71.2 cm³/mol. The van der Waals surface area contributed by atoms with Gasteiger partial charge in [0.1, 0.15) is 6.10 Å². The van der Waals surface area contributed by atoms with Crippen molar-refractivity contribution in [2.75, 3.05) is 6.61 Å². The van der Waals surface area contributed by atoms with E-state index in [4.69, 9.17) is 4.74 Å². The van der Waals surface area contributed by atoms with Gasteiger partial charge in [0.05, 0.1) is 12.7 Å². The molecule has 2 heteroatoms. The monoisotopic (exact) mass is 236 g/mol. The lowest BCUT2D eigenvalue weighted by atomic mass is 10.0. The van der Waals surface area contributed by atoms with Crippen molar-refractivity contribution in [3.63, 3.8) is 0 Å². The van der Waals surface area contributed by atoms with Gasteiger partial charge in [0.15, 0.2) is 0 Å². The first-order valence-corrected chi connectivity index (χ1v) is 6.41. The van der Waals surface area contributed by atoms with Gasteiger partial charge in [-0.15, -0.1) is 0 Å². The summed E-state index contributed by atoms with van der Waals surface area (Å²) in [6, 6.07) is 6.11. The number of hydrogen-bond donors (Lipinski definition) is 1. The Balaban J connectivity index is 2.54. The zero-order chi connectivity index (χ0) is 12.8. The molecule has 0 bridgehead atoms. The third-order valence-electron chi connectivity index (χ3n) is 3.02. The zero-order valence-electron chi connectivity index (χ0n) is 11.4. The van der Waals surface area contributed by atoms with Crippen LogP contribution in [0.3, 0.4) is 0 Å². The van der Waals surface area contributed by atoms with E-state index in [0.29, 0.717) is 6.61 Å². The minimum Gasteiger partial charge on any atom is -0.386 e. The van der Waals surface area contributed by atoms with Crippen LogP contribution in [-0.4, -0.2) is 17.8 Å². The largest absolute Gasteiger partial charge is 0.386 e. The summed E-state index contributed by atoms with van der Waals surface area (Å²) < 4.78 is 5.63. The number of ether oxygens (including phenoxy) is 1. The molecule has 2 atom stereocenters. The van der Waals surface area contributed by atoms with E-state index in [2.05, 4.69) is 26.8 Å². The van der Waals surface area contributed by atoms with Crippen molar-refractivity contribution in [1.29, 1.82) is 0 Å². The maximum Gasteiger partial charge on any atom is 0.103 e. The van der Waals surface area contributed by atoms with Crippen LogP contribution in [0.25, 0.3) is 0 Å². The van der Waals surface area contributed by atoms with E-state index in [1.165, 1.54) is 5.56 Å². The molecule has 2 unspecified atom stereocenters. The number of aliphatic hydroxyl groups excluding tert-OH is 1. The van der Waals surface area contributed by atoms with Gasteiger partial charge in [-0.2, -0.15) is 0 Å². The molecule has 0 aliphatic heterocycles. The Bertz CT molecular complexity index is 347. The fourth-order valence-corrected chi connectivity index (χ4v) is 2.03. The molecule has 1 N–H and O–H groups in total. The highest BCUT2D eigenvalue weighted by molar-refractivity contribution is 5.31. The van der Waals surface area contributed by atoms with Crippen LogP contribution in [-0.2, 0) is 4.74 Å². The first kappa shape index (κ1) is 14.2. The van der Waals surface area contributed by atoms with Gasteiger partial charge in [0, 0.05) is 0 Å². The molecule has 1 rings (SSSR count). The van der Waals surface area contributed by atoms with E-state index in [9.17, 15) is 5.11 Å². The van der Waals surface area contributed by atoms with Crippen LogP contribution in [0.2, 0.25) is 0 Å². The predicted octanol–water partition coefficient (Wildman–Crippen LogP) is 3.54. The van der Waals surface area contributed by atoms with Gasteiger partial charge in [-0.3, -0.25) is 0 Å². The standard InChI is InChI=1S/C15H24O2/c1-5-6-13(4)17-10-15(16)14-8-7-11(2)9-12(14)3/h7-9,13,15-16H,5-6,10H2,1-4H3. The van der Waals surface area contributed by atoms with E-state index in [1.807, 2.05) is 19.1 Å². The number of aryl methyl sites for hydroxylation is 2. The first-order valence-electron chi connectivity index (χ1n) is 6.41. The Labute approximate surface area is 105 Å². The van der Waals surface area contributed by atoms with E-state index < -0.39 is 6.10 Å². The van der Waals surface area contributed by atoms with Gasteiger partial charge >= 0.3 is 0 Å². The molecule has 0 spiro atoms. The normalized spacial score (nSPS) is 14.6. The van der Waals surface area contributed by atoms with Crippen LogP contribution in [0.5, 0.6) is 0 Å². The van der Waals surface area contributed by atoms with Crippen LogP contribution in [0.15, 0.2) is 18.2 Å². The summed E-state index contributed by atoms with van der Waals surface area (Å²) in [5.74, 6) is 0. The van der Waals surface area contributed by atoms with E-state index >= 15 is 0 Å². The number of aliphatic hydroxyl groups is 1. The molecule has 0 radical (unpaired) electrons. The van der Waals surface area contributed by atoms with E-state index in [1.54, 1.807) is 0 Å². The first-order chi connectivity index (χ1) is 8.04. The highest BCUT2D eigenvalue weighted by atomic mass is 16.5. The summed E-state index contributed by atoms with van der Waals surface area (Å²) in [4.78, 5) is 0. The van der Waals surface area contributed by atoms with Gasteiger partial charge in [-0.1, -0.05) is 37.1 Å². The lowest BCUT2D eigenvalue weighted by Gasteiger charge is -2.18. The molecule has 0 aliphatic carbocycles. The van der Waals surface area contributed by atoms with Gasteiger partial charge in [0.2, 0.25) is 0 Å². The van der Waals surface area contributed by atoms with Gasteiger partial charge in [-0.25, -0.2) is 0 Å². The number of hydrogen-bond acceptors (Lipinski definition) is 2. The second-order valence-corrected chi connectivity index (χ2v) is 4.81. The summed E-state index contributed by atoms with van der Waals surface area (Å²) in [6.07, 6.45) is 1.86. The molecule has 1 aromatic carbocycles. The Morgan fingerprint density at radius 1 is 1.29 bits per heavy atom. The van der Waals surface area contributed by atoms with Crippen LogP contribution < -0.4 is 0 Å². The maximum atomic E-state index is 10.1. The van der Waals surface area contributed by atoms with Gasteiger partial charge in [-0.05, 0) is 38.3 Å². The molecule has 0 amide bonds. The second kappa shape index (κ2) is 6.77. The zero-order valence-corrected chi connectivity index (χ0v) is 11.4. The average molecular weight is 236 g/mol. The quantitative estimate of drug-likeness (QED) is 0.818. The summed E-state index contributed by atoms with van der Waals surface area (Å²) in [6.45, 7) is 8.66. The van der Waals surface area contributed by atoms with Gasteiger partial charge < -0.3 is 9.84 Å². The van der Waals surface area contributed by atoms with Crippen molar-refractivity contribution in [3.8, 4) is 0 Å². The number of benzene rings is 1. The van der Waals surface area contributed by atoms with Crippen LogP contribution >= 0.6 is 0 Å². The van der Waals surface area contributed by atoms with Crippen molar-refractivity contribution in [1.82, 2.24) is 0 Å². The molecule has 0 saturated carbocycles. The molecular formula is C15H24O2. The Morgan fingerprint density at radius 3 is 2.59 bits per heavy atom. The smallest absolute Gasteiger partial charge is 0.103 e. The van der Waals surface area contributed by atoms with Crippen molar-refractivity contribution in [3.05, 3.63) is 34.9 Å². The average Bonchev–Trinajstić information content (AvgIpc) is 2.26. The van der Waals surface area contributed by atoms with Crippen molar-refractivity contribution in [2.45, 2.75) is 52.7 Å². The molecule has 0 aromatic heterocycles. The highest BCUT2D eigenvalue weighted by Gasteiger charge is 2.12. The third kappa shape index (κ3) is 4.49. The topological polar surface area (TPSA) is 29.5 Å². The van der Waals surface area contributed by atoms with Crippen LogP contribution in [0.1, 0.15) is 49.5 Å². The second-order valence-electron chi connectivity index (χ2n) is 4.81. The highest BCUT2D eigenvalue weighted by Crippen LogP contribution is 2.19. The Hall–Kier alpha value is -0.860. The van der Waals surface area contributed by atoms with Crippen molar-refractivity contribution < 1.29 is 9.84 Å². The van der Waals surface area contributed by atoms with Crippen LogP contribution in [0.4, 0.5) is 0 Å². The summed E-state index contributed by atoms with van der Waals surface area (Å²) >= 11 is 0. The maximum absolute atomic E-state index is 10.1. The lowest BCUT2D eigenvalue weighted by molar-refractivity contribution is -0.00605. The third-order valence-corrected chi connectivity index (χ3v) is 3.02. The SMILES string of the molecule is CCCC(C)OCC(O)c1ccc(C)cc1C. The van der Waals surface area contributed by atoms with Gasteiger partial charge in [0.25, 0.3) is 0 Å². The minimum atomic E-state index is -0.519. The molecule has 0 saturated heterocycles. The van der Waals surface area contributed by atoms with E-state index in [0.717, 1.165) is 24.0 Å².